The van der Waals surface area contributed by atoms with Crippen LogP contribution in [0.5, 0.6) is 5.75 Å². The first kappa shape index (κ1) is 13.4. The van der Waals surface area contributed by atoms with Gasteiger partial charge < -0.3 is 15.4 Å². The van der Waals surface area contributed by atoms with Crippen molar-refractivity contribution >= 4 is 6.03 Å². The lowest BCUT2D eigenvalue weighted by Crippen LogP contribution is -2.36. The van der Waals surface area contributed by atoms with E-state index in [1.54, 1.807) is 0 Å². The molecule has 0 heterocycles. The molecule has 1 aromatic rings. The normalized spacial score (nSPS) is 9.76. The predicted octanol–water partition coefficient (Wildman–Crippen LogP) is 2.08. The molecule has 0 radical (unpaired) electrons. The number of rotatable bonds is 6. The van der Waals surface area contributed by atoms with Crippen LogP contribution in [-0.4, -0.2) is 25.7 Å². The number of urea groups is 1. The Balaban J connectivity index is 2.13. The fraction of sp³-hybridized carbons (Fsp3) is 0.462. The van der Waals surface area contributed by atoms with Gasteiger partial charge in [0.2, 0.25) is 0 Å². The summed E-state index contributed by atoms with van der Waals surface area (Å²) in [5.74, 6) is 0.908. The molecule has 4 heteroatoms. The maximum Gasteiger partial charge on any atom is 0.314 e. The number of para-hydroxylation sites is 1. The van der Waals surface area contributed by atoms with E-state index in [1.807, 2.05) is 38.1 Å². The van der Waals surface area contributed by atoms with E-state index in [0.717, 1.165) is 17.7 Å². The standard InChI is InChI=1S/C13H20N2O2/c1-3-14-13(16)15-9-6-10-17-12-8-5-4-7-11(12)2/h4-5,7-8H,3,6,9-10H2,1-2H3,(H2,14,15,16). The number of carbonyl (C=O) groups excluding carboxylic acids is 1. The van der Waals surface area contributed by atoms with Crippen molar-refractivity contribution in [2.75, 3.05) is 19.7 Å². The number of benzene rings is 1. The lowest BCUT2D eigenvalue weighted by molar-refractivity contribution is 0.239. The summed E-state index contributed by atoms with van der Waals surface area (Å²) in [6, 6.07) is 7.78. The Labute approximate surface area is 102 Å². The molecule has 1 aromatic carbocycles. The topological polar surface area (TPSA) is 50.4 Å². The first-order valence-corrected chi connectivity index (χ1v) is 5.94. The molecule has 0 bridgehead atoms. The van der Waals surface area contributed by atoms with Gasteiger partial charge in [-0.3, -0.25) is 0 Å². The van der Waals surface area contributed by atoms with Gasteiger partial charge in [0, 0.05) is 13.1 Å². The second-order valence-electron chi connectivity index (χ2n) is 3.75. The van der Waals surface area contributed by atoms with Crippen LogP contribution in [0, 0.1) is 6.92 Å². The number of carbonyl (C=O) groups is 1. The minimum absolute atomic E-state index is 0.122. The Kier molecular flexibility index (Phi) is 5.93. The molecule has 2 N–H and O–H groups in total. The fourth-order valence-corrected chi connectivity index (χ4v) is 1.40. The third-order valence-electron chi connectivity index (χ3n) is 2.30. The average molecular weight is 236 g/mol. The Hall–Kier alpha value is -1.71. The van der Waals surface area contributed by atoms with E-state index < -0.39 is 0 Å². The molecule has 0 unspecified atom stereocenters. The molecule has 0 spiro atoms. The molecule has 2 amide bonds. The van der Waals surface area contributed by atoms with Crippen molar-refractivity contribution in [1.82, 2.24) is 10.6 Å². The smallest absolute Gasteiger partial charge is 0.314 e. The van der Waals surface area contributed by atoms with Crippen molar-refractivity contribution in [2.45, 2.75) is 20.3 Å². The molecule has 0 aliphatic heterocycles. The molecule has 0 aromatic heterocycles. The molecule has 0 fully saturated rings. The van der Waals surface area contributed by atoms with Crippen LogP contribution in [0.2, 0.25) is 0 Å². The van der Waals surface area contributed by atoms with Gasteiger partial charge in [0.25, 0.3) is 0 Å². The lowest BCUT2D eigenvalue weighted by atomic mass is 10.2. The summed E-state index contributed by atoms with van der Waals surface area (Å²) >= 11 is 0. The summed E-state index contributed by atoms with van der Waals surface area (Å²) < 4.78 is 5.61. The van der Waals surface area contributed by atoms with Crippen LogP contribution >= 0.6 is 0 Å². The third-order valence-corrected chi connectivity index (χ3v) is 2.30. The molecule has 0 saturated carbocycles. The number of ether oxygens (including phenoxy) is 1. The molecule has 1 rings (SSSR count). The minimum atomic E-state index is -0.122. The number of aryl methyl sites for hydroxylation is 1. The molecule has 0 aliphatic carbocycles. The third kappa shape index (κ3) is 5.24. The summed E-state index contributed by atoms with van der Waals surface area (Å²) in [6.45, 7) is 5.78. The highest BCUT2D eigenvalue weighted by Gasteiger charge is 1.98. The van der Waals surface area contributed by atoms with E-state index >= 15 is 0 Å². The van der Waals surface area contributed by atoms with Gasteiger partial charge in [0.05, 0.1) is 6.61 Å². The number of amides is 2. The Morgan fingerprint density at radius 2 is 2.06 bits per heavy atom. The highest BCUT2D eigenvalue weighted by molar-refractivity contribution is 5.73. The van der Waals surface area contributed by atoms with Crippen LogP contribution in [0.15, 0.2) is 24.3 Å². The van der Waals surface area contributed by atoms with Crippen molar-refractivity contribution in [3.8, 4) is 5.75 Å². The predicted molar refractivity (Wildman–Crippen MR) is 68.4 cm³/mol. The van der Waals surface area contributed by atoms with Crippen molar-refractivity contribution in [3.63, 3.8) is 0 Å². The Bertz CT molecular complexity index is 353. The Morgan fingerprint density at radius 3 is 2.76 bits per heavy atom. The van der Waals surface area contributed by atoms with Crippen molar-refractivity contribution < 1.29 is 9.53 Å². The minimum Gasteiger partial charge on any atom is -0.493 e. The summed E-state index contributed by atoms with van der Waals surface area (Å²) in [7, 11) is 0. The highest BCUT2D eigenvalue weighted by atomic mass is 16.5. The molecule has 0 aliphatic rings. The van der Waals surface area contributed by atoms with E-state index in [0.29, 0.717) is 19.7 Å². The van der Waals surface area contributed by atoms with Crippen LogP contribution in [-0.2, 0) is 0 Å². The van der Waals surface area contributed by atoms with E-state index in [1.165, 1.54) is 0 Å². The number of nitrogens with one attached hydrogen (secondary N) is 2. The second-order valence-corrected chi connectivity index (χ2v) is 3.75. The van der Waals surface area contributed by atoms with Crippen molar-refractivity contribution in [3.05, 3.63) is 29.8 Å². The fourth-order valence-electron chi connectivity index (χ4n) is 1.40. The van der Waals surface area contributed by atoms with E-state index in [-0.39, 0.29) is 6.03 Å². The highest BCUT2D eigenvalue weighted by Crippen LogP contribution is 2.15. The molecule has 0 saturated heterocycles. The maximum atomic E-state index is 11.1. The van der Waals surface area contributed by atoms with Gasteiger partial charge in [-0.05, 0) is 31.9 Å². The lowest BCUT2D eigenvalue weighted by Gasteiger charge is -2.09. The molecular weight excluding hydrogens is 216 g/mol. The second kappa shape index (κ2) is 7.54. The quantitative estimate of drug-likeness (QED) is 0.743. The number of hydrogen-bond donors (Lipinski definition) is 2. The molecule has 94 valence electrons. The summed E-state index contributed by atoms with van der Waals surface area (Å²) in [6.07, 6.45) is 0.797. The van der Waals surface area contributed by atoms with Crippen LogP contribution in [0.4, 0.5) is 4.79 Å². The van der Waals surface area contributed by atoms with E-state index in [9.17, 15) is 4.79 Å². The molecule has 17 heavy (non-hydrogen) atoms. The van der Waals surface area contributed by atoms with Crippen LogP contribution < -0.4 is 15.4 Å². The van der Waals surface area contributed by atoms with Gasteiger partial charge in [-0.2, -0.15) is 0 Å². The first-order chi connectivity index (χ1) is 8.24. The van der Waals surface area contributed by atoms with Gasteiger partial charge in [-0.1, -0.05) is 18.2 Å². The van der Waals surface area contributed by atoms with Gasteiger partial charge in [-0.25, -0.2) is 4.79 Å². The van der Waals surface area contributed by atoms with Gasteiger partial charge in [-0.15, -0.1) is 0 Å². The zero-order valence-electron chi connectivity index (χ0n) is 10.5. The van der Waals surface area contributed by atoms with Gasteiger partial charge in [0.15, 0.2) is 0 Å². The maximum absolute atomic E-state index is 11.1. The van der Waals surface area contributed by atoms with Gasteiger partial charge >= 0.3 is 6.03 Å². The molecule has 4 nitrogen and oxygen atoms in total. The monoisotopic (exact) mass is 236 g/mol. The first-order valence-electron chi connectivity index (χ1n) is 5.94. The zero-order chi connectivity index (χ0) is 12.5. The molecule has 0 atom stereocenters. The SMILES string of the molecule is CCNC(=O)NCCCOc1ccccc1C. The summed E-state index contributed by atoms with van der Waals surface area (Å²) in [5.41, 5.74) is 1.13. The summed E-state index contributed by atoms with van der Waals surface area (Å²) in [4.78, 5) is 11.1. The van der Waals surface area contributed by atoms with Crippen LogP contribution in [0.25, 0.3) is 0 Å². The van der Waals surface area contributed by atoms with Crippen molar-refractivity contribution in [2.24, 2.45) is 0 Å². The van der Waals surface area contributed by atoms with Crippen molar-refractivity contribution in [1.29, 1.82) is 0 Å². The average Bonchev–Trinajstić information content (AvgIpc) is 2.31. The zero-order valence-corrected chi connectivity index (χ0v) is 10.5. The largest absolute Gasteiger partial charge is 0.493 e. The van der Waals surface area contributed by atoms with Crippen LogP contribution in [0.3, 0.4) is 0 Å². The van der Waals surface area contributed by atoms with Gasteiger partial charge in [0.1, 0.15) is 5.75 Å². The van der Waals surface area contributed by atoms with E-state index in [2.05, 4.69) is 10.6 Å². The number of hydrogen-bond acceptors (Lipinski definition) is 2. The van der Waals surface area contributed by atoms with E-state index in [4.69, 9.17) is 4.74 Å². The Morgan fingerprint density at radius 1 is 1.29 bits per heavy atom. The molecular formula is C13H20N2O2. The summed E-state index contributed by atoms with van der Waals surface area (Å²) in [5, 5.41) is 5.43. The van der Waals surface area contributed by atoms with Crippen LogP contribution in [0.1, 0.15) is 18.9 Å².